The third-order valence-corrected chi connectivity index (χ3v) is 5.87. The molecule has 19 heavy (non-hydrogen) atoms. The number of benzene rings is 1. The molecule has 0 heterocycles. The lowest BCUT2D eigenvalue weighted by molar-refractivity contribution is 0.178. The number of aliphatic hydroxyl groups excluding tert-OH is 1. The first-order chi connectivity index (χ1) is 8.96. The lowest BCUT2D eigenvalue weighted by Crippen LogP contribution is -2.45. The number of hydrogen-bond acceptors (Lipinski definition) is 3. The fraction of sp³-hybridized carbons (Fsp3) is 0.538. The van der Waals surface area contributed by atoms with E-state index in [1.54, 1.807) is 19.1 Å². The molecule has 0 spiro atoms. The van der Waals surface area contributed by atoms with Gasteiger partial charge in [0.15, 0.2) is 0 Å². The van der Waals surface area contributed by atoms with Gasteiger partial charge >= 0.3 is 0 Å². The van der Waals surface area contributed by atoms with Gasteiger partial charge in [0.25, 0.3) is 0 Å². The summed E-state index contributed by atoms with van der Waals surface area (Å²) in [6.07, 6.45) is 2.78. The minimum atomic E-state index is -3.56. The van der Waals surface area contributed by atoms with Gasteiger partial charge in [0.1, 0.15) is 0 Å². The SMILES string of the molecule is Cc1cc(Cl)ccc1S(=O)(=O)N(CCO)C1CCC1. The van der Waals surface area contributed by atoms with E-state index in [9.17, 15) is 8.42 Å². The van der Waals surface area contributed by atoms with Crippen molar-refractivity contribution in [2.24, 2.45) is 0 Å². The van der Waals surface area contributed by atoms with Crippen LogP contribution in [0.15, 0.2) is 23.1 Å². The van der Waals surface area contributed by atoms with Crippen molar-refractivity contribution in [2.75, 3.05) is 13.2 Å². The molecule has 1 aliphatic carbocycles. The maximum atomic E-state index is 12.7. The molecule has 0 atom stereocenters. The number of nitrogens with zero attached hydrogens (tertiary/aromatic N) is 1. The molecule has 0 bridgehead atoms. The van der Waals surface area contributed by atoms with E-state index >= 15 is 0 Å². The standard InChI is InChI=1S/C13H18ClNO3S/c1-10-9-11(14)5-6-13(10)19(17,18)15(7-8-16)12-3-2-4-12/h5-6,9,12,16H,2-4,7-8H2,1H3. The third-order valence-electron chi connectivity index (χ3n) is 3.53. The van der Waals surface area contributed by atoms with E-state index in [0.717, 1.165) is 19.3 Å². The van der Waals surface area contributed by atoms with Gasteiger partial charge in [-0.3, -0.25) is 0 Å². The van der Waals surface area contributed by atoms with Crippen LogP contribution in [0.3, 0.4) is 0 Å². The highest BCUT2D eigenvalue weighted by Crippen LogP contribution is 2.31. The Morgan fingerprint density at radius 2 is 2.11 bits per heavy atom. The minimum absolute atomic E-state index is 0.0206. The maximum absolute atomic E-state index is 12.7. The zero-order chi connectivity index (χ0) is 14.0. The summed E-state index contributed by atoms with van der Waals surface area (Å²) in [4.78, 5) is 0.275. The first-order valence-electron chi connectivity index (χ1n) is 6.35. The van der Waals surface area contributed by atoms with Crippen molar-refractivity contribution in [3.63, 3.8) is 0 Å². The van der Waals surface area contributed by atoms with Gasteiger partial charge in [-0.05, 0) is 43.5 Å². The molecule has 106 valence electrons. The predicted molar refractivity (Wildman–Crippen MR) is 74.8 cm³/mol. The fourth-order valence-electron chi connectivity index (χ4n) is 2.30. The molecule has 1 fully saturated rings. The summed E-state index contributed by atoms with van der Waals surface area (Å²) < 4.78 is 26.7. The maximum Gasteiger partial charge on any atom is 0.243 e. The molecule has 1 saturated carbocycles. The van der Waals surface area contributed by atoms with Gasteiger partial charge in [-0.25, -0.2) is 8.42 Å². The van der Waals surface area contributed by atoms with E-state index in [-0.39, 0.29) is 24.1 Å². The Kier molecular flexibility index (Phi) is 4.50. The highest BCUT2D eigenvalue weighted by atomic mass is 35.5. The topological polar surface area (TPSA) is 57.6 Å². The average Bonchev–Trinajstić information content (AvgIpc) is 2.25. The average molecular weight is 304 g/mol. The molecule has 0 unspecified atom stereocenters. The highest BCUT2D eigenvalue weighted by molar-refractivity contribution is 7.89. The van der Waals surface area contributed by atoms with Crippen molar-refractivity contribution in [1.29, 1.82) is 0 Å². The lowest BCUT2D eigenvalue weighted by atomic mass is 9.93. The van der Waals surface area contributed by atoms with Crippen LogP contribution in [0.2, 0.25) is 5.02 Å². The Balaban J connectivity index is 2.38. The first kappa shape index (κ1) is 14.8. The van der Waals surface area contributed by atoms with E-state index in [4.69, 9.17) is 16.7 Å². The highest BCUT2D eigenvalue weighted by Gasteiger charge is 2.35. The quantitative estimate of drug-likeness (QED) is 0.907. The van der Waals surface area contributed by atoms with E-state index in [1.165, 1.54) is 10.4 Å². The summed E-state index contributed by atoms with van der Waals surface area (Å²) in [7, 11) is -3.56. The van der Waals surface area contributed by atoms with Crippen LogP contribution in [0.1, 0.15) is 24.8 Å². The van der Waals surface area contributed by atoms with Gasteiger partial charge < -0.3 is 5.11 Å². The molecule has 1 aromatic carbocycles. The molecule has 4 nitrogen and oxygen atoms in total. The zero-order valence-electron chi connectivity index (χ0n) is 10.8. The Bertz CT molecular complexity index is 555. The molecule has 2 rings (SSSR count). The first-order valence-corrected chi connectivity index (χ1v) is 8.17. The molecular formula is C13H18ClNO3S. The third kappa shape index (κ3) is 2.94. The summed E-state index contributed by atoms with van der Waals surface area (Å²) >= 11 is 5.86. The van der Waals surface area contributed by atoms with Crippen molar-refractivity contribution in [1.82, 2.24) is 4.31 Å². The van der Waals surface area contributed by atoms with Gasteiger partial charge in [-0.1, -0.05) is 18.0 Å². The Hall–Kier alpha value is -0.620. The van der Waals surface area contributed by atoms with Gasteiger partial charge in [0.05, 0.1) is 11.5 Å². The lowest BCUT2D eigenvalue weighted by Gasteiger charge is -2.36. The Morgan fingerprint density at radius 1 is 1.42 bits per heavy atom. The number of aryl methyl sites for hydroxylation is 1. The largest absolute Gasteiger partial charge is 0.395 e. The minimum Gasteiger partial charge on any atom is -0.395 e. The molecule has 0 aliphatic heterocycles. The van der Waals surface area contributed by atoms with Crippen LogP contribution in [-0.2, 0) is 10.0 Å². The van der Waals surface area contributed by atoms with E-state index < -0.39 is 10.0 Å². The predicted octanol–water partition coefficient (Wildman–Crippen LogP) is 2.18. The summed E-state index contributed by atoms with van der Waals surface area (Å²) in [5.74, 6) is 0. The van der Waals surface area contributed by atoms with Gasteiger partial charge in [-0.2, -0.15) is 4.31 Å². The van der Waals surface area contributed by atoms with E-state index in [0.29, 0.717) is 10.6 Å². The normalized spacial score (nSPS) is 16.6. The van der Waals surface area contributed by atoms with Crippen molar-refractivity contribution < 1.29 is 13.5 Å². The number of hydrogen-bond donors (Lipinski definition) is 1. The van der Waals surface area contributed by atoms with E-state index in [2.05, 4.69) is 0 Å². The molecule has 1 aliphatic rings. The van der Waals surface area contributed by atoms with Crippen molar-refractivity contribution >= 4 is 21.6 Å². The van der Waals surface area contributed by atoms with Crippen LogP contribution in [-0.4, -0.2) is 37.0 Å². The molecular weight excluding hydrogens is 286 g/mol. The van der Waals surface area contributed by atoms with Crippen molar-refractivity contribution in [3.05, 3.63) is 28.8 Å². The fourth-order valence-corrected chi connectivity index (χ4v) is 4.41. The van der Waals surface area contributed by atoms with Crippen molar-refractivity contribution in [3.8, 4) is 0 Å². The van der Waals surface area contributed by atoms with Crippen LogP contribution < -0.4 is 0 Å². The van der Waals surface area contributed by atoms with Crippen LogP contribution >= 0.6 is 11.6 Å². The zero-order valence-corrected chi connectivity index (χ0v) is 12.4. The molecule has 0 amide bonds. The van der Waals surface area contributed by atoms with Crippen LogP contribution in [0.4, 0.5) is 0 Å². The number of halogens is 1. The molecule has 1 N–H and O–H groups in total. The monoisotopic (exact) mass is 303 g/mol. The van der Waals surface area contributed by atoms with Crippen LogP contribution in [0.5, 0.6) is 0 Å². The second kappa shape index (κ2) is 5.79. The summed E-state index contributed by atoms with van der Waals surface area (Å²) in [6.45, 7) is 1.72. The second-order valence-electron chi connectivity index (χ2n) is 4.83. The number of sulfonamides is 1. The van der Waals surface area contributed by atoms with Crippen LogP contribution in [0, 0.1) is 6.92 Å². The Labute approximate surface area is 119 Å². The van der Waals surface area contributed by atoms with Crippen LogP contribution in [0.25, 0.3) is 0 Å². The number of aliphatic hydroxyl groups is 1. The smallest absolute Gasteiger partial charge is 0.243 e. The van der Waals surface area contributed by atoms with Crippen molar-refractivity contribution in [2.45, 2.75) is 37.1 Å². The summed E-state index contributed by atoms with van der Waals surface area (Å²) in [6, 6.07) is 4.79. The Morgan fingerprint density at radius 3 is 2.58 bits per heavy atom. The molecule has 6 heteroatoms. The van der Waals surface area contributed by atoms with E-state index in [1.807, 2.05) is 0 Å². The van der Waals surface area contributed by atoms with Gasteiger partial charge in [0.2, 0.25) is 10.0 Å². The molecule has 0 radical (unpaired) electrons. The second-order valence-corrected chi connectivity index (χ2v) is 7.13. The summed E-state index contributed by atoms with van der Waals surface area (Å²) in [5.41, 5.74) is 0.634. The van der Waals surface area contributed by atoms with Gasteiger partial charge in [-0.15, -0.1) is 0 Å². The van der Waals surface area contributed by atoms with Gasteiger partial charge in [0, 0.05) is 17.6 Å². The molecule has 0 saturated heterocycles. The number of rotatable bonds is 5. The molecule has 0 aromatic heterocycles. The summed E-state index contributed by atoms with van der Waals surface area (Å²) in [5, 5.41) is 9.62. The molecule has 1 aromatic rings.